The highest BCUT2D eigenvalue weighted by molar-refractivity contribution is 9.10. The molecule has 1 N–H and O–H groups in total. The Labute approximate surface area is 119 Å². The molecule has 0 atom stereocenters. The van der Waals surface area contributed by atoms with Crippen LogP contribution in [0.5, 0.6) is 0 Å². The fraction of sp³-hybridized carbons (Fsp3) is 0.600. The van der Waals surface area contributed by atoms with Gasteiger partial charge in [-0.05, 0) is 49.6 Å². The Morgan fingerprint density at radius 2 is 2.11 bits per heavy atom. The standard InChI is InChI=1S/C15H23BrN2/c1-11(2)10-18(14-5-6-14)15-7-4-13(16)8-12(15)9-17-3/h4,7-8,11,14,17H,5-6,9-10H2,1-3H3. The fourth-order valence-corrected chi connectivity index (χ4v) is 2.80. The monoisotopic (exact) mass is 310 g/mol. The van der Waals surface area contributed by atoms with Crippen LogP contribution in [-0.4, -0.2) is 19.6 Å². The Morgan fingerprint density at radius 1 is 1.39 bits per heavy atom. The van der Waals surface area contributed by atoms with Gasteiger partial charge >= 0.3 is 0 Å². The number of hydrogen-bond acceptors (Lipinski definition) is 2. The van der Waals surface area contributed by atoms with E-state index in [1.807, 2.05) is 7.05 Å². The van der Waals surface area contributed by atoms with Crippen molar-refractivity contribution in [2.45, 2.75) is 39.3 Å². The van der Waals surface area contributed by atoms with Crippen LogP contribution in [0.4, 0.5) is 5.69 Å². The third kappa shape index (κ3) is 3.48. The molecule has 1 saturated carbocycles. The van der Waals surface area contributed by atoms with Gasteiger partial charge in [-0.15, -0.1) is 0 Å². The van der Waals surface area contributed by atoms with Gasteiger partial charge in [0.25, 0.3) is 0 Å². The third-order valence-corrected chi connectivity index (χ3v) is 3.76. The summed E-state index contributed by atoms with van der Waals surface area (Å²) in [7, 11) is 2.01. The van der Waals surface area contributed by atoms with Gasteiger partial charge in [0.1, 0.15) is 0 Å². The van der Waals surface area contributed by atoms with Crippen molar-refractivity contribution in [3.63, 3.8) is 0 Å². The first-order chi connectivity index (χ1) is 8.61. The normalized spacial score (nSPS) is 15.2. The zero-order valence-corrected chi connectivity index (χ0v) is 13.1. The summed E-state index contributed by atoms with van der Waals surface area (Å²) in [4.78, 5) is 2.60. The Kier molecular flexibility index (Phi) is 4.68. The van der Waals surface area contributed by atoms with Gasteiger partial charge in [-0.3, -0.25) is 0 Å². The molecule has 0 aliphatic heterocycles. The van der Waals surface area contributed by atoms with E-state index in [2.05, 4.69) is 58.2 Å². The number of rotatable bonds is 6. The average molecular weight is 311 g/mol. The minimum absolute atomic E-state index is 0.705. The Morgan fingerprint density at radius 3 is 2.67 bits per heavy atom. The molecule has 1 aromatic carbocycles. The van der Waals surface area contributed by atoms with Crippen LogP contribution < -0.4 is 10.2 Å². The van der Waals surface area contributed by atoms with Gasteiger partial charge in [-0.1, -0.05) is 29.8 Å². The molecule has 1 aliphatic carbocycles. The van der Waals surface area contributed by atoms with Crippen LogP contribution in [0, 0.1) is 5.92 Å². The van der Waals surface area contributed by atoms with Crippen LogP contribution in [-0.2, 0) is 6.54 Å². The molecule has 1 fully saturated rings. The topological polar surface area (TPSA) is 15.3 Å². The van der Waals surface area contributed by atoms with E-state index in [0.29, 0.717) is 5.92 Å². The molecule has 100 valence electrons. The molecule has 0 aromatic heterocycles. The van der Waals surface area contributed by atoms with Gasteiger partial charge in [0.2, 0.25) is 0 Å². The zero-order valence-electron chi connectivity index (χ0n) is 11.5. The van der Waals surface area contributed by atoms with E-state index < -0.39 is 0 Å². The lowest BCUT2D eigenvalue weighted by atomic mass is 10.1. The molecule has 1 aliphatic rings. The van der Waals surface area contributed by atoms with Crippen LogP contribution >= 0.6 is 15.9 Å². The van der Waals surface area contributed by atoms with E-state index in [0.717, 1.165) is 23.6 Å². The fourth-order valence-electron chi connectivity index (χ4n) is 2.39. The summed E-state index contributed by atoms with van der Waals surface area (Å²) in [5, 5.41) is 3.27. The first-order valence-electron chi connectivity index (χ1n) is 6.81. The summed E-state index contributed by atoms with van der Waals surface area (Å²) in [5.41, 5.74) is 2.79. The number of benzene rings is 1. The summed E-state index contributed by atoms with van der Waals surface area (Å²) < 4.78 is 1.16. The number of hydrogen-bond donors (Lipinski definition) is 1. The van der Waals surface area contributed by atoms with Gasteiger partial charge in [-0.2, -0.15) is 0 Å². The predicted molar refractivity (Wildman–Crippen MR) is 82.1 cm³/mol. The van der Waals surface area contributed by atoms with E-state index in [4.69, 9.17) is 0 Å². The maximum atomic E-state index is 3.57. The number of halogens is 1. The van der Waals surface area contributed by atoms with Gasteiger partial charge < -0.3 is 10.2 Å². The van der Waals surface area contributed by atoms with Crippen molar-refractivity contribution in [1.29, 1.82) is 0 Å². The summed E-state index contributed by atoms with van der Waals surface area (Å²) in [5.74, 6) is 0.705. The summed E-state index contributed by atoms with van der Waals surface area (Å²) in [6, 6.07) is 7.42. The number of anilines is 1. The average Bonchev–Trinajstić information content (AvgIpc) is 3.11. The van der Waals surface area contributed by atoms with Crippen LogP contribution in [0.15, 0.2) is 22.7 Å². The van der Waals surface area contributed by atoms with Gasteiger partial charge in [0.15, 0.2) is 0 Å². The first kappa shape index (κ1) is 13.9. The second kappa shape index (κ2) is 6.07. The highest BCUT2D eigenvalue weighted by Crippen LogP contribution is 2.35. The molecule has 2 rings (SSSR count). The molecule has 0 saturated heterocycles. The minimum Gasteiger partial charge on any atom is -0.368 e. The Bertz CT molecular complexity index is 399. The predicted octanol–water partition coefficient (Wildman–Crippen LogP) is 3.79. The minimum atomic E-state index is 0.705. The zero-order chi connectivity index (χ0) is 13.1. The SMILES string of the molecule is CNCc1cc(Br)ccc1N(CC(C)C)C1CC1. The van der Waals surface area contributed by atoms with E-state index in [1.165, 1.54) is 24.1 Å². The lowest BCUT2D eigenvalue weighted by Crippen LogP contribution is -2.31. The van der Waals surface area contributed by atoms with Crippen molar-refractivity contribution < 1.29 is 0 Å². The van der Waals surface area contributed by atoms with E-state index >= 15 is 0 Å². The molecule has 0 bridgehead atoms. The second-order valence-electron chi connectivity index (χ2n) is 5.58. The second-order valence-corrected chi connectivity index (χ2v) is 6.50. The smallest absolute Gasteiger partial charge is 0.0415 e. The van der Waals surface area contributed by atoms with E-state index in [9.17, 15) is 0 Å². The van der Waals surface area contributed by atoms with Crippen LogP contribution in [0.1, 0.15) is 32.3 Å². The van der Waals surface area contributed by atoms with Crippen LogP contribution in [0.2, 0.25) is 0 Å². The van der Waals surface area contributed by atoms with E-state index in [1.54, 1.807) is 0 Å². The maximum Gasteiger partial charge on any atom is 0.0415 e. The molecule has 0 spiro atoms. The summed E-state index contributed by atoms with van der Waals surface area (Å²) >= 11 is 3.57. The third-order valence-electron chi connectivity index (χ3n) is 3.27. The van der Waals surface area contributed by atoms with Crippen LogP contribution in [0.3, 0.4) is 0 Å². The highest BCUT2D eigenvalue weighted by Gasteiger charge is 2.30. The van der Waals surface area contributed by atoms with Crippen molar-refractivity contribution >= 4 is 21.6 Å². The molecule has 0 amide bonds. The maximum absolute atomic E-state index is 3.57. The van der Waals surface area contributed by atoms with Gasteiger partial charge in [0.05, 0.1) is 0 Å². The molecule has 3 heteroatoms. The molecule has 2 nitrogen and oxygen atoms in total. The highest BCUT2D eigenvalue weighted by atomic mass is 79.9. The quantitative estimate of drug-likeness (QED) is 0.860. The molecular weight excluding hydrogens is 288 g/mol. The van der Waals surface area contributed by atoms with Crippen molar-refractivity contribution in [3.05, 3.63) is 28.2 Å². The summed E-state index contributed by atoms with van der Waals surface area (Å²) in [6.07, 6.45) is 2.70. The molecule has 1 aromatic rings. The molecule has 0 heterocycles. The molecule has 18 heavy (non-hydrogen) atoms. The van der Waals surface area contributed by atoms with Crippen molar-refractivity contribution in [3.8, 4) is 0 Å². The number of nitrogens with zero attached hydrogens (tertiary/aromatic N) is 1. The Hall–Kier alpha value is -0.540. The molecule has 0 radical (unpaired) electrons. The number of nitrogens with one attached hydrogen (secondary N) is 1. The largest absolute Gasteiger partial charge is 0.368 e. The lowest BCUT2D eigenvalue weighted by Gasteiger charge is -2.29. The molecule has 0 unspecified atom stereocenters. The molecular formula is C15H23BrN2. The Balaban J connectivity index is 2.27. The van der Waals surface area contributed by atoms with Crippen LogP contribution in [0.25, 0.3) is 0 Å². The van der Waals surface area contributed by atoms with E-state index in [-0.39, 0.29) is 0 Å². The van der Waals surface area contributed by atoms with Crippen molar-refractivity contribution in [2.24, 2.45) is 5.92 Å². The summed E-state index contributed by atoms with van der Waals surface area (Å²) in [6.45, 7) is 6.68. The van der Waals surface area contributed by atoms with Gasteiger partial charge in [-0.25, -0.2) is 0 Å². The lowest BCUT2D eigenvalue weighted by molar-refractivity contribution is 0.604. The van der Waals surface area contributed by atoms with Crippen molar-refractivity contribution in [2.75, 3.05) is 18.5 Å². The first-order valence-corrected chi connectivity index (χ1v) is 7.60. The van der Waals surface area contributed by atoms with Crippen molar-refractivity contribution in [1.82, 2.24) is 5.32 Å². The van der Waals surface area contributed by atoms with Gasteiger partial charge in [0, 0.05) is 29.3 Å².